The van der Waals surface area contributed by atoms with Gasteiger partial charge in [-0.25, -0.2) is 4.79 Å². The number of benzene rings is 1. The topological polar surface area (TPSA) is 94.3 Å². The molecule has 2 rings (SSSR count). The van der Waals surface area contributed by atoms with Crippen LogP contribution in [-0.2, 0) is 16.0 Å². The van der Waals surface area contributed by atoms with Crippen molar-refractivity contribution in [1.29, 1.82) is 0 Å². The normalized spacial score (nSPS) is 10.2. The van der Waals surface area contributed by atoms with Crippen LogP contribution in [0.3, 0.4) is 0 Å². The van der Waals surface area contributed by atoms with Gasteiger partial charge < -0.3 is 15.8 Å². The second kappa shape index (κ2) is 7.56. The van der Waals surface area contributed by atoms with Crippen LogP contribution in [0.4, 0.5) is 5.00 Å². The van der Waals surface area contributed by atoms with Gasteiger partial charge in [-0.05, 0) is 30.4 Å². The van der Waals surface area contributed by atoms with Crippen LogP contribution in [0.1, 0.15) is 21.6 Å². The molecule has 0 unspecified atom stereocenters. The second-order valence-corrected chi connectivity index (χ2v) is 5.47. The molecule has 6 nitrogen and oxygen atoms in total. The molecule has 0 saturated heterocycles. The molecule has 0 aliphatic heterocycles. The number of aromatic nitrogens is 1. The highest BCUT2D eigenvalue weighted by Crippen LogP contribution is 2.21. The van der Waals surface area contributed by atoms with E-state index in [9.17, 15) is 9.59 Å². The van der Waals surface area contributed by atoms with Gasteiger partial charge in [-0.3, -0.25) is 4.79 Å². The Morgan fingerprint density at radius 1 is 1.32 bits per heavy atom. The number of rotatable bonds is 6. The number of aryl methyl sites for hydroxylation is 1. The molecular formula is C15H17N3O3S. The third-order valence-electron chi connectivity index (χ3n) is 3.01. The molecule has 1 heterocycles. The van der Waals surface area contributed by atoms with Crippen molar-refractivity contribution in [3.8, 4) is 0 Å². The number of amides is 1. The minimum Gasteiger partial charge on any atom is -0.452 e. The molecule has 3 N–H and O–H groups in total. The average molecular weight is 319 g/mol. The molecule has 0 aliphatic carbocycles. The quantitative estimate of drug-likeness (QED) is 0.788. The third-order valence-corrected chi connectivity index (χ3v) is 3.77. The Balaban J connectivity index is 1.73. The van der Waals surface area contributed by atoms with Crippen molar-refractivity contribution in [2.45, 2.75) is 13.3 Å². The van der Waals surface area contributed by atoms with Crippen LogP contribution in [0.2, 0.25) is 0 Å². The van der Waals surface area contributed by atoms with Gasteiger partial charge in [0.25, 0.3) is 5.91 Å². The number of anilines is 1. The van der Waals surface area contributed by atoms with E-state index in [-0.39, 0.29) is 18.1 Å². The number of carbonyl (C=O) groups excluding carboxylic acids is 2. The Bertz CT molecular complexity index is 636. The van der Waals surface area contributed by atoms with Crippen molar-refractivity contribution in [1.82, 2.24) is 9.69 Å². The van der Waals surface area contributed by atoms with Crippen molar-refractivity contribution in [2.24, 2.45) is 0 Å². The van der Waals surface area contributed by atoms with Gasteiger partial charge in [-0.1, -0.05) is 30.3 Å². The summed E-state index contributed by atoms with van der Waals surface area (Å²) < 4.78 is 8.91. The number of ether oxygens (including phenoxy) is 1. The molecule has 0 bridgehead atoms. The summed E-state index contributed by atoms with van der Waals surface area (Å²) in [5.41, 5.74) is 7.53. The fraction of sp³-hybridized carbons (Fsp3) is 0.267. The number of nitrogens with zero attached hydrogens (tertiary/aromatic N) is 1. The van der Waals surface area contributed by atoms with Crippen LogP contribution >= 0.6 is 11.5 Å². The largest absolute Gasteiger partial charge is 0.452 e. The highest BCUT2D eigenvalue weighted by molar-refractivity contribution is 7.10. The van der Waals surface area contributed by atoms with Gasteiger partial charge in [0.2, 0.25) is 0 Å². The second-order valence-electron chi connectivity index (χ2n) is 4.67. The molecule has 0 spiro atoms. The van der Waals surface area contributed by atoms with Gasteiger partial charge in [-0.2, -0.15) is 4.37 Å². The van der Waals surface area contributed by atoms with Gasteiger partial charge >= 0.3 is 5.97 Å². The van der Waals surface area contributed by atoms with Gasteiger partial charge in [0.05, 0.1) is 5.69 Å². The van der Waals surface area contributed by atoms with Crippen LogP contribution in [0.15, 0.2) is 30.3 Å². The average Bonchev–Trinajstić information content (AvgIpc) is 2.85. The molecule has 7 heteroatoms. The lowest BCUT2D eigenvalue weighted by Gasteiger charge is -2.07. The summed E-state index contributed by atoms with van der Waals surface area (Å²) in [4.78, 5) is 23.5. The number of nitrogens with two attached hydrogens (primary N) is 1. The Labute approximate surface area is 132 Å². The van der Waals surface area contributed by atoms with Crippen molar-refractivity contribution in [3.63, 3.8) is 0 Å². The SMILES string of the molecule is Cc1nsc(N)c1C(=O)OCC(=O)NCCc1ccccc1. The smallest absolute Gasteiger partial charge is 0.343 e. The number of esters is 1. The predicted octanol–water partition coefficient (Wildman–Crippen LogP) is 1.55. The van der Waals surface area contributed by atoms with E-state index < -0.39 is 5.97 Å². The molecule has 1 aromatic carbocycles. The van der Waals surface area contributed by atoms with E-state index >= 15 is 0 Å². The van der Waals surface area contributed by atoms with Crippen LogP contribution in [0.5, 0.6) is 0 Å². The third kappa shape index (κ3) is 4.29. The fourth-order valence-electron chi connectivity index (χ4n) is 1.88. The van der Waals surface area contributed by atoms with E-state index in [0.29, 0.717) is 17.2 Å². The molecule has 0 aliphatic rings. The predicted molar refractivity (Wildman–Crippen MR) is 84.7 cm³/mol. The highest BCUT2D eigenvalue weighted by Gasteiger charge is 2.18. The first kappa shape index (κ1) is 16.0. The molecule has 22 heavy (non-hydrogen) atoms. The molecule has 116 valence electrons. The summed E-state index contributed by atoms with van der Waals surface area (Å²) in [7, 11) is 0. The highest BCUT2D eigenvalue weighted by atomic mass is 32.1. The molecule has 1 aromatic heterocycles. The summed E-state index contributed by atoms with van der Waals surface area (Å²) in [6.45, 7) is 1.83. The monoisotopic (exact) mass is 319 g/mol. The van der Waals surface area contributed by atoms with Crippen LogP contribution < -0.4 is 11.1 Å². The fourth-order valence-corrected chi connectivity index (χ4v) is 2.53. The summed E-state index contributed by atoms with van der Waals surface area (Å²) >= 11 is 1.03. The van der Waals surface area contributed by atoms with E-state index in [4.69, 9.17) is 10.5 Å². The van der Waals surface area contributed by atoms with E-state index in [2.05, 4.69) is 9.69 Å². The number of hydrogen-bond acceptors (Lipinski definition) is 6. The molecule has 0 fully saturated rings. The first-order valence-electron chi connectivity index (χ1n) is 6.77. The lowest BCUT2D eigenvalue weighted by atomic mass is 10.1. The summed E-state index contributed by atoms with van der Waals surface area (Å²) in [5, 5.41) is 3.00. The van der Waals surface area contributed by atoms with Crippen molar-refractivity contribution in [2.75, 3.05) is 18.9 Å². The van der Waals surface area contributed by atoms with Crippen LogP contribution in [-0.4, -0.2) is 29.4 Å². The number of carbonyl (C=O) groups is 2. The van der Waals surface area contributed by atoms with Crippen molar-refractivity contribution in [3.05, 3.63) is 47.2 Å². The Morgan fingerprint density at radius 2 is 2.05 bits per heavy atom. The molecule has 0 saturated carbocycles. The Kier molecular flexibility index (Phi) is 5.48. The standard InChI is InChI=1S/C15H17N3O3S/c1-10-13(14(16)22-18-10)15(20)21-9-12(19)17-8-7-11-5-3-2-4-6-11/h2-6H,7-9,16H2,1H3,(H,17,19). The minimum absolute atomic E-state index is 0.238. The lowest BCUT2D eigenvalue weighted by Crippen LogP contribution is -2.30. The minimum atomic E-state index is -0.623. The summed E-state index contributed by atoms with van der Waals surface area (Å²) in [6.07, 6.45) is 0.723. The van der Waals surface area contributed by atoms with Crippen molar-refractivity contribution < 1.29 is 14.3 Å². The number of hydrogen-bond donors (Lipinski definition) is 2. The Morgan fingerprint density at radius 3 is 2.68 bits per heavy atom. The van der Waals surface area contributed by atoms with Gasteiger partial charge in [0.1, 0.15) is 10.6 Å². The molecule has 0 atom stereocenters. The molecule has 1 amide bonds. The van der Waals surface area contributed by atoms with Gasteiger partial charge in [-0.15, -0.1) is 0 Å². The van der Waals surface area contributed by atoms with E-state index in [1.807, 2.05) is 30.3 Å². The number of nitrogens with one attached hydrogen (secondary N) is 1. The lowest BCUT2D eigenvalue weighted by molar-refractivity contribution is -0.124. The molecule has 2 aromatic rings. The van der Waals surface area contributed by atoms with E-state index in [0.717, 1.165) is 23.5 Å². The zero-order valence-electron chi connectivity index (χ0n) is 12.2. The van der Waals surface area contributed by atoms with Crippen molar-refractivity contribution >= 4 is 28.4 Å². The maximum atomic E-state index is 11.8. The summed E-state index contributed by atoms with van der Waals surface area (Å²) in [5.74, 6) is -0.967. The van der Waals surface area contributed by atoms with E-state index in [1.54, 1.807) is 6.92 Å². The first-order valence-corrected chi connectivity index (χ1v) is 7.54. The van der Waals surface area contributed by atoms with Gasteiger partial charge in [0, 0.05) is 6.54 Å². The zero-order valence-corrected chi connectivity index (χ0v) is 13.0. The Hall–Kier alpha value is -2.41. The maximum absolute atomic E-state index is 11.8. The first-order chi connectivity index (χ1) is 10.6. The maximum Gasteiger partial charge on any atom is 0.343 e. The zero-order chi connectivity index (χ0) is 15.9. The molecule has 0 radical (unpaired) electrons. The van der Waals surface area contributed by atoms with E-state index in [1.165, 1.54) is 0 Å². The summed E-state index contributed by atoms with van der Waals surface area (Å²) in [6, 6.07) is 9.80. The van der Waals surface area contributed by atoms with Gasteiger partial charge in [0.15, 0.2) is 6.61 Å². The van der Waals surface area contributed by atoms with Crippen LogP contribution in [0, 0.1) is 6.92 Å². The number of nitrogen functional groups attached to an aromatic ring is 1. The van der Waals surface area contributed by atoms with Crippen LogP contribution in [0.25, 0.3) is 0 Å². The molecular weight excluding hydrogens is 302 g/mol.